The van der Waals surface area contributed by atoms with Gasteiger partial charge in [0.1, 0.15) is 0 Å². The molecule has 0 aliphatic heterocycles. The maximum atomic E-state index is 12.4. The molecular formula is C16H13BrN2O5. The number of carbonyl (C=O) groups is 2. The van der Waals surface area contributed by atoms with Crippen molar-refractivity contribution in [3.05, 3.63) is 68.2 Å². The molecule has 1 N–H and O–H groups in total. The van der Waals surface area contributed by atoms with Crippen molar-refractivity contribution in [2.45, 2.75) is 6.92 Å². The Morgan fingerprint density at radius 1 is 1.21 bits per heavy atom. The number of non-ortho nitro benzene ring substituents is 1. The second kappa shape index (κ2) is 7.69. The van der Waals surface area contributed by atoms with E-state index < -0.39 is 16.8 Å². The number of hydrogen-bond donors (Lipinski definition) is 1. The summed E-state index contributed by atoms with van der Waals surface area (Å²) in [5.41, 5.74) is 0.0795. The summed E-state index contributed by atoms with van der Waals surface area (Å²) < 4.78 is 5.50. The standard InChI is InChI=1S/C16H13BrN2O5/c1-2-24-16(21)11-7-10(8-12(9-11)19(22)23)15(20)18-14-6-4-3-5-13(14)17/h3-9H,2H2,1H3,(H,18,20). The number of halogens is 1. The molecule has 0 heterocycles. The number of nitrogens with zero attached hydrogens (tertiary/aromatic N) is 1. The number of nitrogens with one attached hydrogen (secondary N) is 1. The van der Waals surface area contributed by atoms with Crippen LogP contribution in [-0.2, 0) is 4.74 Å². The molecule has 0 aliphatic rings. The van der Waals surface area contributed by atoms with Crippen molar-refractivity contribution in [3.63, 3.8) is 0 Å². The lowest BCUT2D eigenvalue weighted by Gasteiger charge is -2.08. The van der Waals surface area contributed by atoms with E-state index in [4.69, 9.17) is 4.74 Å². The minimum atomic E-state index is -0.726. The molecule has 124 valence electrons. The third-order valence-electron chi connectivity index (χ3n) is 3.02. The molecule has 0 fully saturated rings. The van der Waals surface area contributed by atoms with Gasteiger partial charge in [-0.15, -0.1) is 0 Å². The third kappa shape index (κ3) is 4.17. The van der Waals surface area contributed by atoms with Gasteiger partial charge in [-0.25, -0.2) is 4.79 Å². The molecule has 0 spiro atoms. The highest BCUT2D eigenvalue weighted by Gasteiger charge is 2.19. The van der Waals surface area contributed by atoms with Crippen LogP contribution in [0.5, 0.6) is 0 Å². The second-order valence-corrected chi connectivity index (χ2v) is 5.53. The Balaban J connectivity index is 2.37. The van der Waals surface area contributed by atoms with E-state index in [0.717, 1.165) is 12.1 Å². The summed E-state index contributed by atoms with van der Waals surface area (Å²) in [6, 6.07) is 10.4. The number of nitro groups is 1. The van der Waals surface area contributed by atoms with Crippen molar-refractivity contribution in [2.24, 2.45) is 0 Å². The van der Waals surface area contributed by atoms with Crippen LogP contribution in [0.1, 0.15) is 27.6 Å². The molecule has 0 saturated carbocycles. The molecule has 0 aromatic heterocycles. The summed E-state index contributed by atoms with van der Waals surface area (Å²) in [4.78, 5) is 34.6. The van der Waals surface area contributed by atoms with Crippen molar-refractivity contribution in [2.75, 3.05) is 11.9 Å². The van der Waals surface area contributed by atoms with Crippen LogP contribution in [0, 0.1) is 10.1 Å². The summed E-state index contributed by atoms with van der Waals surface area (Å²) in [7, 11) is 0. The predicted octanol–water partition coefficient (Wildman–Crippen LogP) is 3.79. The fourth-order valence-electron chi connectivity index (χ4n) is 1.94. The van der Waals surface area contributed by atoms with Crippen LogP contribution < -0.4 is 5.32 Å². The van der Waals surface area contributed by atoms with Crippen molar-refractivity contribution in [1.29, 1.82) is 0 Å². The normalized spacial score (nSPS) is 10.1. The molecule has 8 heteroatoms. The van der Waals surface area contributed by atoms with Crippen molar-refractivity contribution in [1.82, 2.24) is 0 Å². The minimum absolute atomic E-state index is 0.0111. The first kappa shape index (κ1) is 17.6. The maximum absolute atomic E-state index is 12.4. The Labute approximate surface area is 145 Å². The van der Waals surface area contributed by atoms with Crippen LogP contribution in [0.2, 0.25) is 0 Å². The van der Waals surface area contributed by atoms with Crippen LogP contribution >= 0.6 is 15.9 Å². The van der Waals surface area contributed by atoms with Crippen LogP contribution in [0.25, 0.3) is 0 Å². The highest BCUT2D eigenvalue weighted by Crippen LogP contribution is 2.23. The monoisotopic (exact) mass is 392 g/mol. The molecular weight excluding hydrogens is 380 g/mol. The number of amides is 1. The number of nitro benzene ring substituents is 1. The van der Waals surface area contributed by atoms with Gasteiger partial charge in [-0.2, -0.15) is 0 Å². The average molecular weight is 393 g/mol. The topological polar surface area (TPSA) is 98.5 Å². The summed E-state index contributed by atoms with van der Waals surface area (Å²) in [5.74, 6) is -1.30. The zero-order valence-electron chi connectivity index (χ0n) is 12.6. The van der Waals surface area contributed by atoms with Crippen LogP contribution in [0.15, 0.2) is 46.9 Å². The Morgan fingerprint density at radius 3 is 2.50 bits per heavy atom. The number of rotatable bonds is 5. The molecule has 2 rings (SSSR count). The largest absolute Gasteiger partial charge is 0.462 e. The molecule has 0 bridgehead atoms. The van der Waals surface area contributed by atoms with E-state index >= 15 is 0 Å². The van der Waals surface area contributed by atoms with Crippen LogP contribution in [0.4, 0.5) is 11.4 Å². The van der Waals surface area contributed by atoms with Crippen molar-refractivity contribution < 1.29 is 19.2 Å². The predicted molar refractivity (Wildman–Crippen MR) is 91.1 cm³/mol. The van der Waals surface area contributed by atoms with E-state index in [1.165, 1.54) is 6.07 Å². The average Bonchev–Trinajstić information content (AvgIpc) is 2.56. The Kier molecular flexibility index (Phi) is 5.64. The SMILES string of the molecule is CCOC(=O)c1cc(C(=O)Nc2ccccc2Br)cc([N+](=O)[O-])c1. The highest BCUT2D eigenvalue weighted by molar-refractivity contribution is 9.10. The number of hydrogen-bond acceptors (Lipinski definition) is 5. The van der Waals surface area contributed by atoms with Gasteiger partial charge >= 0.3 is 5.97 Å². The number of carbonyl (C=O) groups excluding carboxylic acids is 2. The molecule has 0 radical (unpaired) electrons. The van der Waals surface area contributed by atoms with E-state index in [9.17, 15) is 19.7 Å². The van der Waals surface area contributed by atoms with Gasteiger partial charge in [-0.05, 0) is 41.1 Å². The molecule has 24 heavy (non-hydrogen) atoms. The molecule has 0 unspecified atom stereocenters. The quantitative estimate of drug-likeness (QED) is 0.474. The van der Waals surface area contributed by atoms with Gasteiger partial charge in [0.15, 0.2) is 0 Å². The summed E-state index contributed by atoms with van der Waals surface area (Å²) >= 11 is 3.30. The van der Waals surface area contributed by atoms with Crippen molar-refractivity contribution >= 4 is 39.2 Å². The summed E-state index contributed by atoms with van der Waals surface area (Å²) in [6.07, 6.45) is 0. The van der Waals surface area contributed by atoms with E-state index in [2.05, 4.69) is 21.2 Å². The number of para-hydroxylation sites is 1. The first-order valence-corrected chi connectivity index (χ1v) is 7.74. The van der Waals surface area contributed by atoms with E-state index in [1.54, 1.807) is 31.2 Å². The lowest BCUT2D eigenvalue weighted by molar-refractivity contribution is -0.384. The number of ether oxygens (including phenoxy) is 1. The second-order valence-electron chi connectivity index (χ2n) is 4.68. The molecule has 0 atom stereocenters. The summed E-state index contributed by atoms with van der Waals surface area (Å²) in [6.45, 7) is 1.75. The fraction of sp³-hybridized carbons (Fsp3) is 0.125. The van der Waals surface area contributed by atoms with Gasteiger partial charge in [0.25, 0.3) is 11.6 Å². The fourth-order valence-corrected chi connectivity index (χ4v) is 2.32. The number of anilines is 1. The minimum Gasteiger partial charge on any atom is -0.462 e. The molecule has 0 aliphatic carbocycles. The summed E-state index contributed by atoms with van der Waals surface area (Å²) in [5, 5.41) is 13.7. The van der Waals surface area contributed by atoms with Crippen LogP contribution in [0.3, 0.4) is 0 Å². The zero-order chi connectivity index (χ0) is 17.7. The Bertz CT molecular complexity index is 807. The number of esters is 1. The van der Waals surface area contributed by atoms with E-state index in [1.807, 2.05) is 0 Å². The lowest BCUT2D eigenvalue weighted by atomic mass is 10.1. The van der Waals surface area contributed by atoms with Gasteiger partial charge in [-0.1, -0.05) is 12.1 Å². The van der Waals surface area contributed by atoms with Gasteiger partial charge < -0.3 is 10.1 Å². The smallest absolute Gasteiger partial charge is 0.338 e. The molecule has 0 saturated heterocycles. The first-order chi connectivity index (χ1) is 11.4. The molecule has 7 nitrogen and oxygen atoms in total. The maximum Gasteiger partial charge on any atom is 0.338 e. The van der Waals surface area contributed by atoms with Gasteiger partial charge in [-0.3, -0.25) is 14.9 Å². The highest BCUT2D eigenvalue weighted by atomic mass is 79.9. The van der Waals surface area contributed by atoms with Gasteiger partial charge in [0.2, 0.25) is 0 Å². The van der Waals surface area contributed by atoms with Gasteiger partial charge in [0.05, 0.1) is 22.8 Å². The first-order valence-electron chi connectivity index (χ1n) is 6.95. The molecule has 2 aromatic carbocycles. The Hall–Kier alpha value is -2.74. The van der Waals surface area contributed by atoms with Crippen molar-refractivity contribution in [3.8, 4) is 0 Å². The zero-order valence-corrected chi connectivity index (χ0v) is 14.2. The van der Waals surface area contributed by atoms with E-state index in [0.29, 0.717) is 10.2 Å². The van der Waals surface area contributed by atoms with E-state index in [-0.39, 0.29) is 23.4 Å². The molecule has 2 aromatic rings. The molecule has 1 amide bonds. The van der Waals surface area contributed by atoms with Crippen LogP contribution in [-0.4, -0.2) is 23.4 Å². The van der Waals surface area contributed by atoms with Gasteiger partial charge in [0, 0.05) is 22.2 Å². The third-order valence-corrected chi connectivity index (χ3v) is 3.72. The lowest BCUT2D eigenvalue weighted by Crippen LogP contribution is -2.14. The number of benzene rings is 2. The Morgan fingerprint density at radius 2 is 1.88 bits per heavy atom.